The number of hydrogen-bond acceptors (Lipinski definition) is 2. The van der Waals surface area contributed by atoms with Crippen LogP contribution in [-0.4, -0.2) is 23.6 Å². The molecule has 1 nitrogen and oxygen atoms in total. The molecule has 1 atom stereocenters. The van der Waals surface area contributed by atoms with Gasteiger partial charge in [-0.25, -0.2) is 4.39 Å². The molecule has 0 spiro atoms. The normalized spacial score (nSPS) is 17.6. The molecule has 1 unspecified atom stereocenters. The van der Waals surface area contributed by atoms with Crippen molar-refractivity contribution in [1.82, 2.24) is 5.32 Å². The lowest BCUT2D eigenvalue weighted by molar-refractivity contribution is 0.545. The van der Waals surface area contributed by atoms with E-state index < -0.39 is 0 Å². The molecule has 1 aromatic carbocycles. The SMILES string of the molecule is CCNC(CSC1CCCC1)Cc1cccc(Cl)c1F. The van der Waals surface area contributed by atoms with E-state index in [1.165, 1.54) is 25.7 Å². The van der Waals surface area contributed by atoms with E-state index in [0.717, 1.165) is 23.1 Å². The molecule has 1 saturated carbocycles. The Kier molecular flexibility index (Phi) is 6.66. The number of benzene rings is 1. The zero-order valence-corrected chi connectivity index (χ0v) is 13.6. The third-order valence-corrected chi connectivity index (χ3v) is 5.66. The molecule has 0 heterocycles. The monoisotopic (exact) mass is 315 g/mol. The van der Waals surface area contributed by atoms with Crippen molar-refractivity contribution >= 4 is 23.4 Å². The smallest absolute Gasteiger partial charge is 0.145 e. The maximum atomic E-state index is 14.0. The number of halogens is 2. The lowest BCUT2D eigenvalue weighted by atomic mass is 10.1. The first-order valence-corrected chi connectivity index (χ1v) is 8.91. The van der Waals surface area contributed by atoms with Gasteiger partial charge in [0, 0.05) is 17.0 Å². The predicted octanol–water partition coefficient (Wildman–Crippen LogP) is 4.68. The second-order valence-electron chi connectivity index (χ2n) is 5.41. The van der Waals surface area contributed by atoms with E-state index >= 15 is 0 Å². The Bertz CT molecular complexity index is 421. The maximum absolute atomic E-state index is 14.0. The number of thioether (sulfide) groups is 1. The number of rotatable bonds is 7. The molecule has 1 aliphatic carbocycles. The van der Waals surface area contributed by atoms with Crippen LogP contribution in [0.25, 0.3) is 0 Å². The summed E-state index contributed by atoms with van der Waals surface area (Å²) in [7, 11) is 0. The Morgan fingerprint density at radius 2 is 2.15 bits per heavy atom. The molecular weight excluding hydrogens is 293 g/mol. The zero-order valence-electron chi connectivity index (χ0n) is 12.0. The topological polar surface area (TPSA) is 12.0 Å². The molecule has 1 aliphatic rings. The molecule has 112 valence electrons. The van der Waals surface area contributed by atoms with Crippen molar-refractivity contribution in [3.05, 3.63) is 34.6 Å². The van der Waals surface area contributed by atoms with Crippen molar-refractivity contribution in [2.75, 3.05) is 12.3 Å². The molecule has 0 aromatic heterocycles. The van der Waals surface area contributed by atoms with Gasteiger partial charge >= 0.3 is 0 Å². The van der Waals surface area contributed by atoms with E-state index in [1.54, 1.807) is 6.07 Å². The zero-order chi connectivity index (χ0) is 14.4. The summed E-state index contributed by atoms with van der Waals surface area (Å²) in [4.78, 5) is 0. The summed E-state index contributed by atoms with van der Waals surface area (Å²) in [5.41, 5.74) is 0.718. The van der Waals surface area contributed by atoms with Gasteiger partial charge in [-0.3, -0.25) is 0 Å². The van der Waals surface area contributed by atoms with Crippen LogP contribution in [0.4, 0.5) is 4.39 Å². The summed E-state index contributed by atoms with van der Waals surface area (Å²) in [6.07, 6.45) is 6.13. The second-order valence-corrected chi connectivity index (χ2v) is 7.15. The van der Waals surface area contributed by atoms with Crippen LogP contribution in [-0.2, 0) is 6.42 Å². The average Bonchev–Trinajstić information content (AvgIpc) is 2.94. The van der Waals surface area contributed by atoms with Crippen LogP contribution in [0, 0.1) is 5.82 Å². The highest BCUT2D eigenvalue weighted by atomic mass is 35.5. The fourth-order valence-corrected chi connectivity index (χ4v) is 4.36. The predicted molar refractivity (Wildman–Crippen MR) is 87.3 cm³/mol. The number of likely N-dealkylation sites (N-methyl/N-ethyl adjacent to an activating group) is 1. The minimum atomic E-state index is -0.261. The van der Waals surface area contributed by atoms with Crippen molar-refractivity contribution in [3.8, 4) is 0 Å². The summed E-state index contributed by atoms with van der Waals surface area (Å²) in [6, 6.07) is 5.59. The Balaban J connectivity index is 1.92. The van der Waals surface area contributed by atoms with E-state index in [4.69, 9.17) is 11.6 Å². The highest BCUT2D eigenvalue weighted by Gasteiger charge is 2.19. The molecule has 0 bridgehead atoms. The third-order valence-electron chi connectivity index (χ3n) is 3.83. The fourth-order valence-electron chi connectivity index (χ4n) is 2.76. The second kappa shape index (κ2) is 8.26. The van der Waals surface area contributed by atoms with Gasteiger partial charge in [-0.2, -0.15) is 11.8 Å². The van der Waals surface area contributed by atoms with E-state index in [-0.39, 0.29) is 10.8 Å². The van der Waals surface area contributed by atoms with Crippen LogP contribution in [0.1, 0.15) is 38.2 Å². The van der Waals surface area contributed by atoms with E-state index in [2.05, 4.69) is 12.2 Å². The quantitative estimate of drug-likeness (QED) is 0.784. The van der Waals surface area contributed by atoms with E-state index in [0.29, 0.717) is 12.5 Å². The summed E-state index contributed by atoms with van der Waals surface area (Å²) in [5.74, 6) is 0.785. The summed E-state index contributed by atoms with van der Waals surface area (Å²) in [6.45, 7) is 3.01. The maximum Gasteiger partial charge on any atom is 0.145 e. The van der Waals surface area contributed by atoms with Gasteiger partial charge in [-0.1, -0.05) is 43.5 Å². The summed E-state index contributed by atoms with van der Waals surface area (Å²) >= 11 is 7.90. The molecule has 0 radical (unpaired) electrons. The molecule has 1 fully saturated rings. The minimum absolute atomic E-state index is 0.223. The van der Waals surface area contributed by atoms with Crippen molar-refractivity contribution < 1.29 is 4.39 Å². The van der Waals surface area contributed by atoms with Gasteiger partial charge in [-0.05, 0) is 37.4 Å². The molecule has 0 aliphatic heterocycles. The molecule has 2 rings (SSSR count). The van der Waals surface area contributed by atoms with E-state index in [1.807, 2.05) is 23.9 Å². The summed E-state index contributed by atoms with van der Waals surface area (Å²) in [5, 5.41) is 4.50. The molecule has 20 heavy (non-hydrogen) atoms. The molecule has 4 heteroatoms. The Hall–Kier alpha value is -0.250. The number of nitrogens with one attached hydrogen (secondary N) is 1. The van der Waals surface area contributed by atoms with Gasteiger partial charge in [0.15, 0.2) is 0 Å². The fraction of sp³-hybridized carbons (Fsp3) is 0.625. The lowest BCUT2D eigenvalue weighted by Crippen LogP contribution is -2.34. The molecule has 1 N–H and O–H groups in total. The third kappa shape index (κ3) is 4.64. The first-order valence-electron chi connectivity index (χ1n) is 7.48. The average molecular weight is 316 g/mol. The van der Waals surface area contributed by atoms with Crippen molar-refractivity contribution in [2.45, 2.75) is 50.3 Å². The Morgan fingerprint density at radius 1 is 1.40 bits per heavy atom. The van der Waals surface area contributed by atoms with Gasteiger partial charge in [0.1, 0.15) is 5.82 Å². The first kappa shape index (κ1) is 16.1. The van der Waals surface area contributed by atoms with Crippen LogP contribution >= 0.6 is 23.4 Å². The van der Waals surface area contributed by atoms with Gasteiger partial charge in [0.2, 0.25) is 0 Å². The Morgan fingerprint density at radius 3 is 2.85 bits per heavy atom. The van der Waals surface area contributed by atoms with Crippen LogP contribution in [0.3, 0.4) is 0 Å². The number of hydrogen-bond donors (Lipinski definition) is 1. The molecular formula is C16H23ClFNS. The lowest BCUT2D eigenvalue weighted by Gasteiger charge is -2.20. The summed E-state index contributed by atoms with van der Waals surface area (Å²) < 4.78 is 14.0. The highest BCUT2D eigenvalue weighted by Crippen LogP contribution is 2.30. The van der Waals surface area contributed by atoms with Crippen LogP contribution < -0.4 is 5.32 Å². The molecule has 1 aromatic rings. The van der Waals surface area contributed by atoms with Crippen molar-refractivity contribution in [1.29, 1.82) is 0 Å². The standard InChI is InChI=1S/C16H23ClFNS/c1-2-19-13(11-20-14-7-3-4-8-14)10-12-6-5-9-15(17)16(12)18/h5-6,9,13-14,19H,2-4,7-8,10-11H2,1H3. The van der Waals surface area contributed by atoms with E-state index in [9.17, 15) is 4.39 Å². The van der Waals surface area contributed by atoms with Gasteiger partial charge in [0.05, 0.1) is 5.02 Å². The largest absolute Gasteiger partial charge is 0.313 e. The molecule has 0 saturated heterocycles. The van der Waals surface area contributed by atoms with Crippen LogP contribution in [0.15, 0.2) is 18.2 Å². The van der Waals surface area contributed by atoms with Gasteiger partial charge < -0.3 is 5.32 Å². The molecule has 0 amide bonds. The van der Waals surface area contributed by atoms with Crippen LogP contribution in [0.5, 0.6) is 0 Å². The highest BCUT2D eigenvalue weighted by molar-refractivity contribution is 7.99. The first-order chi connectivity index (χ1) is 9.70. The van der Waals surface area contributed by atoms with Gasteiger partial charge in [0.25, 0.3) is 0 Å². The minimum Gasteiger partial charge on any atom is -0.313 e. The van der Waals surface area contributed by atoms with Crippen LogP contribution in [0.2, 0.25) is 5.02 Å². The van der Waals surface area contributed by atoms with Gasteiger partial charge in [-0.15, -0.1) is 0 Å². The van der Waals surface area contributed by atoms with Crippen molar-refractivity contribution in [3.63, 3.8) is 0 Å². The van der Waals surface area contributed by atoms with Crippen molar-refractivity contribution in [2.24, 2.45) is 0 Å². The Labute approximate surface area is 130 Å².